The summed E-state index contributed by atoms with van der Waals surface area (Å²) < 4.78 is 18.9. The topological polar surface area (TPSA) is 66.0 Å². The molecule has 2 aromatic rings. The van der Waals surface area contributed by atoms with Crippen molar-refractivity contribution in [3.63, 3.8) is 0 Å². The number of halogens is 2. The summed E-state index contributed by atoms with van der Waals surface area (Å²) in [5.41, 5.74) is 2.04. The highest BCUT2D eigenvalue weighted by Gasteiger charge is 2.23. The summed E-state index contributed by atoms with van der Waals surface area (Å²) in [5, 5.41) is 6.23. The van der Waals surface area contributed by atoms with Crippen molar-refractivity contribution in [2.75, 3.05) is 27.2 Å². The van der Waals surface area contributed by atoms with E-state index in [1.165, 1.54) is 12.1 Å². The summed E-state index contributed by atoms with van der Waals surface area (Å²) in [6.45, 7) is 1.33. The molecule has 168 valence electrons. The minimum atomic E-state index is -0.236. The van der Waals surface area contributed by atoms with Crippen LogP contribution >= 0.6 is 24.0 Å². The van der Waals surface area contributed by atoms with Gasteiger partial charge < -0.3 is 20.3 Å². The number of hydrogen-bond donors (Lipinski definition) is 2. The fourth-order valence-corrected chi connectivity index (χ4v) is 3.09. The van der Waals surface area contributed by atoms with Crippen LogP contribution in [-0.2, 0) is 17.8 Å². The van der Waals surface area contributed by atoms with Crippen molar-refractivity contribution in [2.45, 2.75) is 31.8 Å². The maximum Gasteiger partial charge on any atom is 0.258 e. The fraction of sp³-hybridized carbons (Fsp3) is 0.391. The van der Waals surface area contributed by atoms with Crippen LogP contribution in [0.2, 0.25) is 0 Å². The van der Waals surface area contributed by atoms with Crippen LogP contribution in [0.15, 0.2) is 53.5 Å². The van der Waals surface area contributed by atoms with Crippen LogP contribution in [0.25, 0.3) is 0 Å². The lowest BCUT2D eigenvalue weighted by molar-refractivity contribution is -0.123. The molecule has 0 atom stereocenters. The minimum absolute atomic E-state index is 0. The molecule has 0 heterocycles. The maximum atomic E-state index is 13.4. The number of rotatable bonds is 9. The first-order chi connectivity index (χ1) is 14.5. The molecule has 0 unspecified atom stereocenters. The fourth-order valence-electron chi connectivity index (χ4n) is 3.09. The Labute approximate surface area is 200 Å². The Bertz CT molecular complexity index is 872. The molecule has 0 saturated heterocycles. The summed E-state index contributed by atoms with van der Waals surface area (Å²) in [4.78, 5) is 17.9. The molecule has 8 heteroatoms. The second kappa shape index (κ2) is 12.5. The molecule has 1 amide bonds. The molecular formula is C23H30FIN4O2. The lowest BCUT2D eigenvalue weighted by atomic mass is 10.1. The van der Waals surface area contributed by atoms with Crippen LogP contribution < -0.4 is 15.4 Å². The first-order valence-corrected chi connectivity index (χ1v) is 10.2. The van der Waals surface area contributed by atoms with E-state index in [0.29, 0.717) is 24.9 Å². The number of amides is 1. The highest BCUT2D eigenvalue weighted by atomic mass is 127. The number of nitrogens with zero attached hydrogens (tertiary/aromatic N) is 2. The van der Waals surface area contributed by atoms with E-state index in [2.05, 4.69) is 15.6 Å². The summed E-state index contributed by atoms with van der Waals surface area (Å²) in [7, 11) is 3.65. The van der Waals surface area contributed by atoms with E-state index >= 15 is 0 Å². The lowest BCUT2D eigenvalue weighted by Crippen LogP contribution is -2.39. The van der Waals surface area contributed by atoms with Gasteiger partial charge in [0, 0.05) is 33.2 Å². The average Bonchev–Trinajstić information content (AvgIpc) is 3.54. The molecule has 6 nitrogen and oxygen atoms in total. The Hall–Kier alpha value is -2.36. The van der Waals surface area contributed by atoms with Crippen molar-refractivity contribution in [1.29, 1.82) is 0 Å². The normalized spacial score (nSPS) is 13.2. The highest BCUT2D eigenvalue weighted by Crippen LogP contribution is 2.18. The second-order valence-electron chi connectivity index (χ2n) is 7.48. The van der Waals surface area contributed by atoms with Crippen LogP contribution in [-0.4, -0.2) is 50.1 Å². The third-order valence-corrected chi connectivity index (χ3v) is 4.81. The minimum Gasteiger partial charge on any atom is -0.484 e. The molecule has 1 fully saturated rings. The lowest BCUT2D eigenvalue weighted by Gasteiger charge is -2.22. The quantitative estimate of drug-likeness (QED) is 0.291. The smallest absolute Gasteiger partial charge is 0.258 e. The zero-order valence-corrected chi connectivity index (χ0v) is 20.3. The first kappa shape index (κ1) is 24.9. The van der Waals surface area contributed by atoms with Crippen LogP contribution in [0.5, 0.6) is 5.75 Å². The molecule has 0 radical (unpaired) electrons. The van der Waals surface area contributed by atoms with E-state index in [9.17, 15) is 9.18 Å². The van der Waals surface area contributed by atoms with Crippen molar-refractivity contribution in [3.05, 3.63) is 65.5 Å². The van der Waals surface area contributed by atoms with Gasteiger partial charge in [-0.15, -0.1) is 24.0 Å². The zero-order valence-electron chi connectivity index (χ0n) is 17.9. The molecule has 31 heavy (non-hydrogen) atoms. The molecule has 0 aromatic heterocycles. The Kier molecular flexibility index (Phi) is 10.0. The van der Waals surface area contributed by atoms with Gasteiger partial charge in [-0.25, -0.2) is 4.39 Å². The van der Waals surface area contributed by atoms with Crippen molar-refractivity contribution in [3.8, 4) is 5.75 Å². The van der Waals surface area contributed by atoms with Crippen molar-refractivity contribution in [1.82, 2.24) is 15.5 Å². The van der Waals surface area contributed by atoms with Crippen LogP contribution in [0.3, 0.4) is 0 Å². The Morgan fingerprint density at radius 2 is 1.94 bits per heavy atom. The van der Waals surface area contributed by atoms with Crippen molar-refractivity contribution in [2.24, 2.45) is 4.99 Å². The Morgan fingerprint density at radius 3 is 2.58 bits per heavy atom. The van der Waals surface area contributed by atoms with E-state index in [1.807, 2.05) is 42.3 Å². The predicted octanol–water partition coefficient (Wildman–Crippen LogP) is 3.35. The van der Waals surface area contributed by atoms with Crippen LogP contribution in [0.1, 0.15) is 24.0 Å². The number of aliphatic imine (C=N–C) groups is 1. The monoisotopic (exact) mass is 540 g/mol. The number of ether oxygens (including phenoxy) is 1. The van der Waals surface area contributed by atoms with Crippen molar-refractivity contribution < 1.29 is 13.9 Å². The molecule has 1 saturated carbocycles. The van der Waals surface area contributed by atoms with Gasteiger partial charge in [-0.2, -0.15) is 0 Å². The molecule has 0 spiro atoms. The molecule has 1 aliphatic rings. The van der Waals surface area contributed by atoms with Crippen LogP contribution in [0, 0.1) is 5.82 Å². The van der Waals surface area contributed by atoms with Crippen LogP contribution in [0.4, 0.5) is 4.39 Å². The largest absolute Gasteiger partial charge is 0.484 e. The Balaban J connectivity index is 0.00000341. The van der Waals surface area contributed by atoms with E-state index in [0.717, 1.165) is 36.3 Å². The van der Waals surface area contributed by atoms with E-state index in [1.54, 1.807) is 13.1 Å². The maximum absolute atomic E-state index is 13.4. The first-order valence-electron chi connectivity index (χ1n) is 10.2. The third-order valence-electron chi connectivity index (χ3n) is 4.81. The van der Waals surface area contributed by atoms with Crippen molar-refractivity contribution >= 4 is 35.8 Å². The van der Waals surface area contributed by atoms with Gasteiger partial charge in [0.25, 0.3) is 5.91 Å². The number of benzene rings is 2. The highest BCUT2D eigenvalue weighted by molar-refractivity contribution is 14.0. The van der Waals surface area contributed by atoms with E-state index in [-0.39, 0.29) is 42.3 Å². The van der Waals surface area contributed by atoms with Gasteiger partial charge in [0.2, 0.25) is 0 Å². The molecule has 2 aromatic carbocycles. The number of carbonyl (C=O) groups excluding carboxylic acids is 1. The SMILES string of the molecule is CN=C(NCCc1ccc(OCC(=O)NC2CC2)cc1)N(C)Cc1cccc(F)c1.I. The number of guanidine groups is 1. The third kappa shape index (κ3) is 8.72. The molecule has 0 bridgehead atoms. The standard InChI is InChI=1S/C23H29FN4O2.HI/c1-25-23(28(2)15-18-4-3-5-19(24)14-18)26-13-12-17-6-10-21(11-7-17)30-16-22(29)27-20-8-9-20;/h3-7,10-11,14,20H,8-9,12-13,15-16H2,1-2H3,(H,25,26)(H,27,29);1H. The van der Waals surface area contributed by atoms with Gasteiger partial charge in [0.1, 0.15) is 11.6 Å². The summed E-state index contributed by atoms with van der Waals surface area (Å²) >= 11 is 0. The van der Waals surface area contributed by atoms with Gasteiger partial charge in [-0.1, -0.05) is 24.3 Å². The van der Waals surface area contributed by atoms with Gasteiger partial charge in [-0.3, -0.25) is 9.79 Å². The predicted molar refractivity (Wildman–Crippen MR) is 131 cm³/mol. The van der Waals surface area contributed by atoms with E-state index < -0.39 is 0 Å². The van der Waals surface area contributed by atoms with Gasteiger partial charge in [0.05, 0.1) is 0 Å². The zero-order chi connectivity index (χ0) is 21.3. The second-order valence-corrected chi connectivity index (χ2v) is 7.48. The number of carbonyl (C=O) groups is 1. The number of hydrogen-bond acceptors (Lipinski definition) is 3. The average molecular weight is 540 g/mol. The Morgan fingerprint density at radius 1 is 1.19 bits per heavy atom. The van der Waals surface area contributed by atoms with Gasteiger partial charge in [-0.05, 0) is 54.7 Å². The summed E-state index contributed by atoms with van der Waals surface area (Å²) in [6, 6.07) is 14.7. The summed E-state index contributed by atoms with van der Waals surface area (Å²) in [5.74, 6) is 1.13. The molecule has 1 aliphatic carbocycles. The molecular weight excluding hydrogens is 510 g/mol. The van der Waals surface area contributed by atoms with Gasteiger partial charge >= 0.3 is 0 Å². The number of nitrogens with one attached hydrogen (secondary N) is 2. The summed E-state index contributed by atoms with van der Waals surface area (Å²) in [6.07, 6.45) is 2.95. The molecule has 0 aliphatic heterocycles. The van der Waals surface area contributed by atoms with Gasteiger partial charge in [0.15, 0.2) is 12.6 Å². The molecule has 2 N–H and O–H groups in total. The molecule has 3 rings (SSSR count). The van der Waals surface area contributed by atoms with E-state index in [4.69, 9.17) is 4.74 Å².